The fourth-order valence-electron chi connectivity index (χ4n) is 3.41. The first-order valence-electron chi connectivity index (χ1n) is 11.9. The molecule has 1 unspecified atom stereocenters. The van der Waals surface area contributed by atoms with Crippen LogP contribution in [0.15, 0.2) is 21.9 Å². The van der Waals surface area contributed by atoms with Crippen molar-refractivity contribution in [1.29, 1.82) is 5.26 Å². The molecule has 222 valence electrons. The van der Waals surface area contributed by atoms with Crippen molar-refractivity contribution in [2.24, 2.45) is 0 Å². The number of nitrogens with one attached hydrogen (secondary N) is 2. The minimum atomic E-state index is -5.21. The van der Waals surface area contributed by atoms with Crippen molar-refractivity contribution in [3.8, 4) is 6.07 Å². The van der Waals surface area contributed by atoms with Crippen LogP contribution in [0, 0.1) is 11.3 Å². The van der Waals surface area contributed by atoms with E-state index in [0.29, 0.717) is 0 Å². The maximum absolute atomic E-state index is 12.8. The van der Waals surface area contributed by atoms with Crippen molar-refractivity contribution in [2.75, 3.05) is 40.1 Å². The molecular formula is C22H35F3N5O8P. The van der Waals surface area contributed by atoms with Crippen LogP contribution in [0.5, 0.6) is 0 Å². The number of carbonyl (C=O) groups is 1. The van der Waals surface area contributed by atoms with Gasteiger partial charge in [-0.1, -0.05) is 0 Å². The molecule has 1 rings (SSSR count). The number of aliphatic hydroxyl groups excluding tert-OH is 1. The Kier molecular flexibility index (Phi) is 14.2. The van der Waals surface area contributed by atoms with Crippen LogP contribution in [-0.4, -0.2) is 89.2 Å². The van der Waals surface area contributed by atoms with E-state index in [0.717, 1.165) is 16.8 Å². The number of nitrogens with zero attached hydrogens (tertiary/aromatic N) is 3. The smallest absolute Gasteiger partial charge is 0.393 e. The van der Waals surface area contributed by atoms with Gasteiger partial charge in [0.1, 0.15) is 5.60 Å². The van der Waals surface area contributed by atoms with E-state index in [1.807, 2.05) is 43.4 Å². The first-order chi connectivity index (χ1) is 18.2. The second-order valence-corrected chi connectivity index (χ2v) is 10.3. The van der Waals surface area contributed by atoms with Gasteiger partial charge in [0.25, 0.3) is 14.1 Å². The third kappa shape index (κ3) is 11.0. The van der Waals surface area contributed by atoms with Crippen LogP contribution >= 0.6 is 8.53 Å². The van der Waals surface area contributed by atoms with E-state index < -0.39 is 63.4 Å². The average molecular weight is 586 g/mol. The van der Waals surface area contributed by atoms with E-state index in [9.17, 15) is 32.7 Å². The number of carbonyl (C=O) groups excluding carboxylic acids is 1. The average Bonchev–Trinajstić information content (AvgIpc) is 2.83. The number of hydrogen-bond donors (Lipinski definition) is 3. The number of rotatable bonds is 17. The van der Waals surface area contributed by atoms with E-state index in [2.05, 4.69) is 0 Å². The first-order valence-corrected chi connectivity index (χ1v) is 13.0. The lowest BCUT2D eigenvalue weighted by Gasteiger charge is -2.39. The van der Waals surface area contributed by atoms with Gasteiger partial charge in [0.05, 0.1) is 45.5 Å². The minimum absolute atomic E-state index is 0.0499. The lowest BCUT2D eigenvalue weighted by molar-refractivity contribution is -0.191. The maximum atomic E-state index is 12.8. The number of nitriles is 1. The van der Waals surface area contributed by atoms with Crippen LogP contribution < -0.4 is 16.6 Å². The van der Waals surface area contributed by atoms with Gasteiger partial charge >= 0.3 is 17.8 Å². The second kappa shape index (κ2) is 16.0. The van der Waals surface area contributed by atoms with Gasteiger partial charge < -0.3 is 28.9 Å². The van der Waals surface area contributed by atoms with Gasteiger partial charge in [-0.3, -0.25) is 19.1 Å². The van der Waals surface area contributed by atoms with Gasteiger partial charge in [-0.2, -0.15) is 18.4 Å². The van der Waals surface area contributed by atoms with Gasteiger partial charge in [-0.15, -0.1) is 0 Å². The molecule has 3 atom stereocenters. The Morgan fingerprint density at radius 1 is 1.23 bits per heavy atom. The number of ether oxygens (including phenoxy) is 2. The molecule has 0 aliphatic carbocycles. The number of aromatic amines is 1. The molecule has 1 aromatic heterocycles. The highest BCUT2D eigenvalue weighted by atomic mass is 31.2. The standard InChI is InChI=1S/C22H35F3N5O8P/c1-15(2)30(16(3)4)39(36-10-6-8-26)37-14-21(12-31,13-35-5)38-18(11-27-19(33)22(23,24)25)29-9-7-17(32)28-20(29)34/h7,9,15-16,18,31H,6,10-14H2,1-5H3,(H,27,33)(H,28,32,34)/t18-,21+,39?/m1/s1. The number of H-pyrrole nitrogens is 1. The first kappa shape index (κ1) is 34.6. The molecule has 0 spiro atoms. The largest absolute Gasteiger partial charge is 0.471 e. The highest BCUT2D eigenvalue weighted by molar-refractivity contribution is 7.44. The van der Waals surface area contributed by atoms with Gasteiger partial charge in [0.2, 0.25) is 0 Å². The molecule has 0 aliphatic rings. The molecule has 0 saturated heterocycles. The third-order valence-corrected chi connectivity index (χ3v) is 7.09. The Balaban J connectivity index is 3.38. The predicted molar refractivity (Wildman–Crippen MR) is 133 cm³/mol. The minimum Gasteiger partial charge on any atom is -0.393 e. The maximum Gasteiger partial charge on any atom is 0.471 e. The highest BCUT2D eigenvalue weighted by Crippen LogP contribution is 2.47. The summed E-state index contributed by atoms with van der Waals surface area (Å²) in [5.41, 5.74) is -3.58. The monoisotopic (exact) mass is 585 g/mol. The van der Waals surface area contributed by atoms with Crippen molar-refractivity contribution in [2.45, 2.75) is 64.2 Å². The fraction of sp³-hybridized carbons (Fsp3) is 0.727. The van der Waals surface area contributed by atoms with E-state index in [-0.39, 0.29) is 31.7 Å². The Hall–Kier alpha value is -2.38. The molecule has 1 heterocycles. The van der Waals surface area contributed by atoms with Crippen molar-refractivity contribution in [3.63, 3.8) is 0 Å². The van der Waals surface area contributed by atoms with Gasteiger partial charge in [0.15, 0.2) is 6.23 Å². The lowest BCUT2D eigenvalue weighted by Crippen LogP contribution is -2.51. The molecule has 0 radical (unpaired) electrons. The summed E-state index contributed by atoms with van der Waals surface area (Å²) in [5.74, 6) is -2.29. The molecule has 0 bridgehead atoms. The number of amides is 1. The van der Waals surface area contributed by atoms with E-state index in [1.165, 1.54) is 7.11 Å². The Bertz CT molecular complexity index is 1050. The summed E-state index contributed by atoms with van der Waals surface area (Å²) in [7, 11) is -0.539. The van der Waals surface area contributed by atoms with Crippen LogP contribution in [0.4, 0.5) is 13.2 Å². The summed E-state index contributed by atoms with van der Waals surface area (Å²) < 4.78 is 64.0. The summed E-state index contributed by atoms with van der Waals surface area (Å²) in [6.45, 7) is 5.23. The predicted octanol–water partition coefficient (Wildman–Crippen LogP) is 1.40. The molecule has 0 saturated carbocycles. The molecule has 1 amide bonds. The second-order valence-electron chi connectivity index (χ2n) is 8.89. The van der Waals surface area contributed by atoms with Crippen LogP contribution in [0.25, 0.3) is 0 Å². The number of alkyl halides is 3. The molecular weight excluding hydrogens is 550 g/mol. The number of methoxy groups -OCH3 is 1. The summed E-state index contributed by atoms with van der Waals surface area (Å²) in [4.78, 5) is 37.4. The Morgan fingerprint density at radius 3 is 2.36 bits per heavy atom. The third-order valence-electron chi connectivity index (χ3n) is 5.04. The van der Waals surface area contributed by atoms with Gasteiger partial charge in [0, 0.05) is 31.5 Å². The number of hydrogen-bond acceptors (Lipinski definition) is 10. The van der Waals surface area contributed by atoms with Crippen molar-refractivity contribution in [1.82, 2.24) is 19.5 Å². The Labute approximate surface area is 224 Å². The SMILES string of the molecule is COC[C@@](CO)(COP(OCCC#N)N(C(C)C)C(C)C)O[C@H](CNC(=O)C(F)(F)F)n1ccc(=O)[nH]c1=O. The summed E-state index contributed by atoms with van der Waals surface area (Å²) in [5, 5.41) is 20.8. The summed E-state index contributed by atoms with van der Waals surface area (Å²) >= 11 is 0. The lowest BCUT2D eigenvalue weighted by atomic mass is 10.1. The highest BCUT2D eigenvalue weighted by Gasteiger charge is 2.41. The molecule has 39 heavy (non-hydrogen) atoms. The van der Waals surface area contributed by atoms with E-state index in [1.54, 1.807) is 5.32 Å². The summed E-state index contributed by atoms with van der Waals surface area (Å²) in [6, 6.07) is 2.78. The number of aromatic nitrogens is 2. The van der Waals surface area contributed by atoms with Crippen LogP contribution in [0.2, 0.25) is 0 Å². The topological polar surface area (TPSA) is 168 Å². The normalized spacial score (nSPS) is 15.3. The van der Waals surface area contributed by atoms with Crippen LogP contribution in [0.3, 0.4) is 0 Å². The van der Waals surface area contributed by atoms with Gasteiger partial charge in [-0.25, -0.2) is 9.46 Å². The summed E-state index contributed by atoms with van der Waals surface area (Å²) in [6.07, 6.45) is -5.79. The quantitative estimate of drug-likeness (QED) is 0.180. The zero-order valence-electron chi connectivity index (χ0n) is 22.4. The molecule has 17 heteroatoms. The van der Waals surface area contributed by atoms with Gasteiger partial charge in [-0.05, 0) is 27.7 Å². The number of halogens is 3. The molecule has 0 aliphatic heterocycles. The van der Waals surface area contributed by atoms with Crippen molar-refractivity contribution < 1.29 is 41.6 Å². The molecule has 0 aromatic carbocycles. The van der Waals surface area contributed by atoms with Crippen molar-refractivity contribution >= 4 is 14.4 Å². The molecule has 3 N–H and O–H groups in total. The fourth-order valence-corrected chi connectivity index (χ4v) is 5.10. The molecule has 0 fully saturated rings. The Morgan fingerprint density at radius 2 is 1.87 bits per heavy atom. The van der Waals surface area contributed by atoms with E-state index in [4.69, 9.17) is 23.8 Å². The van der Waals surface area contributed by atoms with Crippen LogP contribution in [0.1, 0.15) is 40.3 Å². The molecule has 1 aromatic rings. The molecule has 13 nitrogen and oxygen atoms in total. The number of aliphatic hydroxyl groups is 1. The van der Waals surface area contributed by atoms with Crippen molar-refractivity contribution in [3.05, 3.63) is 33.1 Å². The van der Waals surface area contributed by atoms with E-state index >= 15 is 0 Å². The van der Waals surface area contributed by atoms with Crippen LogP contribution in [-0.2, 0) is 23.3 Å². The zero-order valence-corrected chi connectivity index (χ0v) is 23.3. The zero-order chi connectivity index (χ0) is 29.8.